The molecule has 5 heteroatoms. The van der Waals surface area contributed by atoms with Gasteiger partial charge in [-0.3, -0.25) is 0 Å². The Labute approximate surface area is 115 Å². The fourth-order valence-electron chi connectivity index (χ4n) is 1.84. The number of hydrogen-bond acceptors (Lipinski definition) is 3. The van der Waals surface area contributed by atoms with Gasteiger partial charge in [0.25, 0.3) is 0 Å². The Balaban J connectivity index is 2.33. The van der Waals surface area contributed by atoms with E-state index in [-0.39, 0.29) is 5.82 Å². The highest BCUT2D eigenvalue weighted by molar-refractivity contribution is 7.15. The maximum absolute atomic E-state index is 13.7. The number of benzene rings is 1. The van der Waals surface area contributed by atoms with Gasteiger partial charge >= 0.3 is 0 Å². The van der Waals surface area contributed by atoms with Crippen molar-refractivity contribution in [2.75, 3.05) is 5.73 Å². The van der Waals surface area contributed by atoms with Gasteiger partial charge in [-0.2, -0.15) is 0 Å². The van der Waals surface area contributed by atoms with E-state index in [2.05, 4.69) is 11.9 Å². The van der Waals surface area contributed by atoms with Crippen molar-refractivity contribution >= 4 is 28.1 Å². The fraction of sp³-hybridized carbons (Fsp3) is 0.308. The number of nitrogens with zero attached hydrogens (tertiary/aromatic N) is 1. The van der Waals surface area contributed by atoms with Crippen molar-refractivity contribution in [3.63, 3.8) is 0 Å². The van der Waals surface area contributed by atoms with Crippen LogP contribution in [-0.2, 0) is 12.8 Å². The molecule has 1 aromatic heterocycles. The van der Waals surface area contributed by atoms with Gasteiger partial charge in [-0.25, -0.2) is 9.37 Å². The first-order valence-corrected chi connectivity index (χ1v) is 6.98. The van der Waals surface area contributed by atoms with Crippen molar-refractivity contribution < 1.29 is 4.39 Å². The van der Waals surface area contributed by atoms with Crippen molar-refractivity contribution in [1.29, 1.82) is 0 Å². The average molecular weight is 285 g/mol. The summed E-state index contributed by atoms with van der Waals surface area (Å²) in [6.45, 7) is 2.08. The van der Waals surface area contributed by atoms with E-state index in [1.807, 2.05) is 0 Å². The first kappa shape index (κ1) is 13.3. The maximum Gasteiger partial charge on any atom is 0.180 e. The summed E-state index contributed by atoms with van der Waals surface area (Å²) in [5.41, 5.74) is 7.19. The van der Waals surface area contributed by atoms with E-state index in [4.69, 9.17) is 17.3 Å². The molecule has 0 amide bonds. The summed E-state index contributed by atoms with van der Waals surface area (Å²) in [4.78, 5) is 5.29. The summed E-state index contributed by atoms with van der Waals surface area (Å²) in [5.74, 6) is -0.281. The molecule has 0 fully saturated rings. The van der Waals surface area contributed by atoms with Crippen LogP contribution >= 0.6 is 22.9 Å². The van der Waals surface area contributed by atoms with Crippen molar-refractivity contribution in [2.45, 2.75) is 26.2 Å². The number of rotatable bonds is 4. The molecule has 0 aliphatic carbocycles. The molecule has 0 saturated carbocycles. The molecule has 0 radical (unpaired) electrons. The van der Waals surface area contributed by atoms with Crippen molar-refractivity contribution in [1.82, 2.24) is 4.98 Å². The van der Waals surface area contributed by atoms with Crippen LogP contribution in [-0.4, -0.2) is 4.98 Å². The monoisotopic (exact) mass is 284 g/mol. The third kappa shape index (κ3) is 2.82. The molecule has 2 N–H and O–H groups in total. The summed E-state index contributed by atoms with van der Waals surface area (Å²) in [6, 6.07) is 4.73. The second-order valence-electron chi connectivity index (χ2n) is 4.05. The molecule has 0 aliphatic rings. The number of nitrogen functional groups attached to an aromatic ring is 1. The van der Waals surface area contributed by atoms with Crippen molar-refractivity contribution in [3.8, 4) is 0 Å². The molecule has 96 valence electrons. The molecule has 0 unspecified atom stereocenters. The number of aromatic nitrogens is 1. The smallest absolute Gasteiger partial charge is 0.180 e. The van der Waals surface area contributed by atoms with Gasteiger partial charge in [-0.15, -0.1) is 11.3 Å². The Morgan fingerprint density at radius 1 is 1.44 bits per heavy atom. The number of halogens is 2. The molecule has 0 bridgehead atoms. The molecule has 0 atom stereocenters. The summed E-state index contributed by atoms with van der Waals surface area (Å²) in [7, 11) is 0. The third-order valence-electron chi connectivity index (χ3n) is 2.68. The second kappa shape index (κ2) is 5.67. The van der Waals surface area contributed by atoms with Gasteiger partial charge < -0.3 is 5.73 Å². The van der Waals surface area contributed by atoms with Gasteiger partial charge in [0.05, 0.1) is 5.69 Å². The molecule has 2 aromatic rings. The Kier molecular flexibility index (Phi) is 4.19. The molecular weight excluding hydrogens is 271 g/mol. The molecule has 1 aromatic carbocycles. The highest BCUT2D eigenvalue weighted by atomic mass is 35.5. The van der Waals surface area contributed by atoms with Crippen LogP contribution in [0.15, 0.2) is 18.2 Å². The summed E-state index contributed by atoms with van der Waals surface area (Å²) < 4.78 is 13.7. The van der Waals surface area contributed by atoms with E-state index in [9.17, 15) is 4.39 Å². The minimum Gasteiger partial charge on any atom is -0.375 e. The van der Waals surface area contributed by atoms with Crippen LogP contribution in [0.5, 0.6) is 0 Å². The zero-order valence-electron chi connectivity index (χ0n) is 10.0. The molecule has 18 heavy (non-hydrogen) atoms. The van der Waals surface area contributed by atoms with Crippen LogP contribution in [0.25, 0.3) is 0 Å². The highest BCUT2D eigenvalue weighted by Gasteiger charge is 2.14. The summed E-state index contributed by atoms with van der Waals surface area (Å²) in [5, 5.41) is 0.977. The molecule has 2 nitrogen and oxygen atoms in total. The summed E-state index contributed by atoms with van der Waals surface area (Å²) in [6.07, 6.45) is 2.30. The fourth-order valence-corrected chi connectivity index (χ4v) is 2.96. The minimum atomic E-state index is -0.281. The molecule has 0 saturated heterocycles. The maximum atomic E-state index is 13.7. The lowest BCUT2D eigenvalue weighted by Crippen LogP contribution is -1.96. The lowest BCUT2D eigenvalue weighted by Gasteiger charge is -2.05. The van der Waals surface area contributed by atoms with Crippen molar-refractivity contribution in [2.24, 2.45) is 0 Å². The topological polar surface area (TPSA) is 38.9 Å². The molecule has 2 rings (SSSR count). The Morgan fingerprint density at radius 3 is 2.89 bits per heavy atom. The Morgan fingerprint density at radius 2 is 2.22 bits per heavy atom. The molecular formula is C13H14ClFN2S. The average Bonchev–Trinajstić information content (AvgIpc) is 2.65. The number of aryl methyl sites for hydroxylation is 1. The largest absolute Gasteiger partial charge is 0.375 e. The first-order valence-electron chi connectivity index (χ1n) is 5.78. The van der Waals surface area contributed by atoms with Gasteiger partial charge in [-0.05, 0) is 18.6 Å². The van der Waals surface area contributed by atoms with Crippen LogP contribution in [0.4, 0.5) is 9.52 Å². The van der Waals surface area contributed by atoms with Crippen molar-refractivity contribution in [3.05, 3.63) is 45.2 Å². The van der Waals surface area contributed by atoms with Crippen LogP contribution in [0.2, 0.25) is 5.02 Å². The zero-order chi connectivity index (χ0) is 13.1. The molecule has 0 spiro atoms. The van der Waals surface area contributed by atoms with E-state index in [1.54, 1.807) is 12.1 Å². The lowest BCUT2D eigenvalue weighted by atomic mass is 10.1. The Hall–Kier alpha value is -1.13. The van der Waals surface area contributed by atoms with Gasteiger partial charge in [-0.1, -0.05) is 31.0 Å². The van der Waals surface area contributed by atoms with E-state index in [1.165, 1.54) is 17.4 Å². The van der Waals surface area contributed by atoms with E-state index < -0.39 is 0 Å². The van der Waals surface area contributed by atoms with E-state index >= 15 is 0 Å². The predicted molar refractivity (Wildman–Crippen MR) is 74.7 cm³/mol. The van der Waals surface area contributed by atoms with E-state index in [0.717, 1.165) is 23.4 Å². The minimum absolute atomic E-state index is 0.281. The number of anilines is 1. The quantitative estimate of drug-likeness (QED) is 0.919. The third-order valence-corrected chi connectivity index (χ3v) is 3.96. The van der Waals surface area contributed by atoms with Crippen LogP contribution in [0, 0.1) is 5.82 Å². The number of nitrogens with two attached hydrogens (primary N) is 1. The van der Waals surface area contributed by atoms with Gasteiger partial charge in [0.2, 0.25) is 0 Å². The van der Waals surface area contributed by atoms with Gasteiger partial charge in [0.15, 0.2) is 5.13 Å². The van der Waals surface area contributed by atoms with Crippen LogP contribution in [0.3, 0.4) is 0 Å². The zero-order valence-corrected chi connectivity index (χ0v) is 11.6. The second-order valence-corrected chi connectivity index (χ2v) is 5.57. The predicted octanol–water partition coefficient (Wildman–Crippen LogP) is 4.06. The van der Waals surface area contributed by atoms with Gasteiger partial charge in [0.1, 0.15) is 5.82 Å². The lowest BCUT2D eigenvalue weighted by molar-refractivity contribution is 0.614. The molecule has 0 aliphatic heterocycles. The molecule has 1 heterocycles. The van der Waals surface area contributed by atoms with Crippen LogP contribution < -0.4 is 5.73 Å². The first-order chi connectivity index (χ1) is 8.61. The summed E-state index contributed by atoms with van der Waals surface area (Å²) >= 11 is 7.44. The number of hydrogen-bond donors (Lipinski definition) is 1. The highest BCUT2D eigenvalue weighted by Crippen LogP contribution is 2.28. The normalized spacial score (nSPS) is 10.8. The SMILES string of the molecule is CCCc1nc(N)sc1Cc1c(F)cccc1Cl. The van der Waals surface area contributed by atoms with Crippen LogP contribution in [0.1, 0.15) is 29.5 Å². The van der Waals surface area contributed by atoms with Gasteiger partial charge in [0, 0.05) is 21.9 Å². The standard InChI is InChI=1S/C13H14ClFN2S/c1-2-4-11-12(18-13(16)17-11)7-8-9(14)5-3-6-10(8)15/h3,5-6H,2,4,7H2,1H3,(H2,16,17). The van der Waals surface area contributed by atoms with E-state index in [0.29, 0.717) is 22.1 Å². The Bertz CT molecular complexity index is 534. The number of thiazole rings is 1.